The van der Waals surface area contributed by atoms with Gasteiger partial charge in [-0.15, -0.1) is 0 Å². The molecule has 3 saturated heterocycles. The highest BCUT2D eigenvalue weighted by atomic mass is 16.2. The molecule has 2 N–H and O–H groups in total. The standard InChI is InChI=1S/C19H36N4O/c1-15(20)19(24)23-13-8-17(16-6-11-21(2)12-7-16)14-18(23)22-9-4-3-5-10-22/h15-18H,3-14,20H2,1-2H3/t15-,17?,18?/m0/s1. The van der Waals surface area contributed by atoms with Crippen molar-refractivity contribution in [3.63, 3.8) is 0 Å². The van der Waals surface area contributed by atoms with Crippen LogP contribution in [0.2, 0.25) is 0 Å². The van der Waals surface area contributed by atoms with E-state index in [4.69, 9.17) is 5.73 Å². The second-order valence-corrected chi connectivity index (χ2v) is 8.32. The molecule has 5 nitrogen and oxygen atoms in total. The average molecular weight is 337 g/mol. The lowest BCUT2D eigenvalue weighted by atomic mass is 9.77. The number of hydrogen-bond donors (Lipinski definition) is 1. The lowest BCUT2D eigenvalue weighted by molar-refractivity contribution is -0.144. The Balaban J connectivity index is 1.68. The predicted molar refractivity (Wildman–Crippen MR) is 97.5 cm³/mol. The summed E-state index contributed by atoms with van der Waals surface area (Å²) in [7, 11) is 2.23. The first kappa shape index (κ1) is 18.2. The van der Waals surface area contributed by atoms with E-state index in [-0.39, 0.29) is 11.9 Å². The maximum atomic E-state index is 12.6. The maximum Gasteiger partial charge on any atom is 0.240 e. The molecule has 3 heterocycles. The zero-order valence-corrected chi connectivity index (χ0v) is 15.6. The first-order valence-corrected chi connectivity index (χ1v) is 10.0. The second kappa shape index (κ2) is 8.15. The molecule has 0 radical (unpaired) electrons. The minimum absolute atomic E-state index is 0.146. The van der Waals surface area contributed by atoms with E-state index in [2.05, 4.69) is 21.7 Å². The van der Waals surface area contributed by atoms with E-state index in [1.807, 2.05) is 6.92 Å². The Kier molecular flexibility index (Phi) is 6.17. The SMILES string of the molecule is C[C@H](N)C(=O)N1CCC(C2CCN(C)CC2)CC1N1CCCCC1. The van der Waals surface area contributed by atoms with E-state index in [1.165, 1.54) is 45.2 Å². The summed E-state index contributed by atoms with van der Waals surface area (Å²) in [6.07, 6.45) is 9.16. The molecular weight excluding hydrogens is 300 g/mol. The summed E-state index contributed by atoms with van der Waals surface area (Å²) in [5, 5.41) is 0. The van der Waals surface area contributed by atoms with E-state index in [9.17, 15) is 4.79 Å². The van der Waals surface area contributed by atoms with Gasteiger partial charge in [-0.05, 0) is 77.4 Å². The first-order chi connectivity index (χ1) is 11.6. The van der Waals surface area contributed by atoms with Crippen molar-refractivity contribution in [2.24, 2.45) is 17.6 Å². The average Bonchev–Trinajstić information content (AvgIpc) is 2.62. The highest BCUT2D eigenvalue weighted by Crippen LogP contribution is 2.36. The van der Waals surface area contributed by atoms with Gasteiger partial charge in [-0.1, -0.05) is 6.42 Å². The number of hydrogen-bond acceptors (Lipinski definition) is 4. The van der Waals surface area contributed by atoms with Crippen molar-refractivity contribution in [2.45, 2.75) is 64.1 Å². The van der Waals surface area contributed by atoms with Gasteiger partial charge in [0.05, 0.1) is 12.2 Å². The highest BCUT2D eigenvalue weighted by Gasteiger charge is 2.39. The molecule has 0 saturated carbocycles. The van der Waals surface area contributed by atoms with Gasteiger partial charge in [0.1, 0.15) is 0 Å². The van der Waals surface area contributed by atoms with Crippen LogP contribution in [0.3, 0.4) is 0 Å². The van der Waals surface area contributed by atoms with Crippen LogP contribution in [0, 0.1) is 11.8 Å². The quantitative estimate of drug-likeness (QED) is 0.853. The summed E-state index contributed by atoms with van der Waals surface area (Å²) in [6, 6.07) is -0.378. The van der Waals surface area contributed by atoms with Crippen molar-refractivity contribution in [2.75, 3.05) is 39.8 Å². The third-order valence-electron chi connectivity index (χ3n) is 6.53. The Bertz CT molecular complexity index is 414. The summed E-state index contributed by atoms with van der Waals surface area (Å²) in [5.41, 5.74) is 5.94. The van der Waals surface area contributed by atoms with Crippen molar-refractivity contribution in [1.29, 1.82) is 0 Å². The molecule has 138 valence electrons. The molecule has 2 unspecified atom stereocenters. The smallest absolute Gasteiger partial charge is 0.240 e. The van der Waals surface area contributed by atoms with Crippen molar-refractivity contribution < 1.29 is 4.79 Å². The van der Waals surface area contributed by atoms with Crippen molar-refractivity contribution in [3.8, 4) is 0 Å². The van der Waals surface area contributed by atoms with E-state index < -0.39 is 0 Å². The molecule has 0 aromatic heterocycles. The molecule has 0 aliphatic carbocycles. The maximum absolute atomic E-state index is 12.6. The molecule has 3 rings (SSSR count). The van der Waals surface area contributed by atoms with Gasteiger partial charge in [0.2, 0.25) is 5.91 Å². The van der Waals surface area contributed by atoms with Crippen molar-refractivity contribution in [1.82, 2.24) is 14.7 Å². The van der Waals surface area contributed by atoms with E-state index in [0.717, 1.165) is 44.3 Å². The number of amides is 1. The lowest BCUT2D eigenvalue weighted by Gasteiger charge is -2.49. The Labute approximate surface area is 147 Å². The van der Waals surface area contributed by atoms with Crippen LogP contribution in [0.4, 0.5) is 0 Å². The third kappa shape index (κ3) is 4.12. The van der Waals surface area contributed by atoms with Crippen LogP contribution in [0.1, 0.15) is 51.9 Å². The van der Waals surface area contributed by atoms with Gasteiger partial charge in [-0.25, -0.2) is 0 Å². The molecule has 1 amide bonds. The van der Waals surface area contributed by atoms with Gasteiger partial charge in [-0.2, -0.15) is 0 Å². The molecule has 3 fully saturated rings. The summed E-state index contributed by atoms with van der Waals surface area (Å²) in [5.74, 6) is 1.77. The van der Waals surface area contributed by atoms with E-state index >= 15 is 0 Å². The summed E-state index contributed by atoms with van der Waals surface area (Å²) in [6.45, 7) is 7.49. The Morgan fingerprint density at radius 3 is 2.21 bits per heavy atom. The Hall–Kier alpha value is -0.650. The van der Waals surface area contributed by atoms with Crippen LogP contribution < -0.4 is 5.73 Å². The largest absolute Gasteiger partial charge is 0.326 e. The highest BCUT2D eigenvalue weighted by molar-refractivity contribution is 5.81. The van der Waals surface area contributed by atoms with Crippen LogP contribution in [-0.4, -0.2) is 72.6 Å². The molecule has 0 spiro atoms. The number of likely N-dealkylation sites (tertiary alicyclic amines) is 3. The van der Waals surface area contributed by atoms with Gasteiger partial charge in [0, 0.05) is 19.6 Å². The zero-order chi connectivity index (χ0) is 17.1. The fraction of sp³-hybridized carbons (Fsp3) is 0.947. The normalized spacial score (nSPS) is 32.7. The second-order valence-electron chi connectivity index (χ2n) is 8.32. The van der Waals surface area contributed by atoms with Gasteiger partial charge < -0.3 is 15.5 Å². The summed E-state index contributed by atoms with van der Waals surface area (Å²) < 4.78 is 0. The van der Waals surface area contributed by atoms with Crippen LogP contribution in [0.15, 0.2) is 0 Å². The summed E-state index contributed by atoms with van der Waals surface area (Å²) in [4.78, 5) is 19.8. The monoisotopic (exact) mass is 336 g/mol. The molecule has 3 atom stereocenters. The lowest BCUT2D eigenvalue weighted by Crippen LogP contribution is -2.59. The molecule has 0 bridgehead atoms. The number of piperidine rings is 3. The topological polar surface area (TPSA) is 52.8 Å². The molecule has 5 heteroatoms. The molecule has 0 aromatic carbocycles. The fourth-order valence-corrected chi connectivity index (χ4v) is 4.98. The minimum atomic E-state index is -0.378. The number of nitrogens with zero attached hydrogens (tertiary/aromatic N) is 3. The number of rotatable bonds is 3. The summed E-state index contributed by atoms with van der Waals surface area (Å²) >= 11 is 0. The van der Waals surface area contributed by atoms with E-state index in [1.54, 1.807) is 0 Å². The number of carbonyl (C=O) groups excluding carboxylic acids is 1. The molecule has 3 aliphatic heterocycles. The molecule has 24 heavy (non-hydrogen) atoms. The van der Waals surface area contributed by atoms with Gasteiger partial charge in [0.25, 0.3) is 0 Å². The van der Waals surface area contributed by atoms with Crippen LogP contribution in [0.25, 0.3) is 0 Å². The van der Waals surface area contributed by atoms with Crippen molar-refractivity contribution in [3.05, 3.63) is 0 Å². The zero-order valence-electron chi connectivity index (χ0n) is 15.6. The number of carbonyl (C=O) groups is 1. The van der Waals surface area contributed by atoms with Gasteiger partial charge >= 0.3 is 0 Å². The Morgan fingerprint density at radius 1 is 0.958 bits per heavy atom. The molecule has 0 aromatic rings. The van der Waals surface area contributed by atoms with E-state index in [0.29, 0.717) is 6.17 Å². The van der Waals surface area contributed by atoms with Crippen LogP contribution in [0.5, 0.6) is 0 Å². The Morgan fingerprint density at radius 2 is 1.58 bits per heavy atom. The van der Waals surface area contributed by atoms with Crippen molar-refractivity contribution >= 4 is 5.91 Å². The fourth-order valence-electron chi connectivity index (χ4n) is 4.98. The molecule has 3 aliphatic rings. The predicted octanol–water partition coefficient (Wildman–Crippen LogP) is 1.73. The van der Waals surface area contributed by atoms with Crippen LogP contribution in [-0.2, 0) is 4.79 Å². The minimum Gasteiger partial charge on any atom is -0.326 e. The van der Waals surface area contributed by atoms with Gasteiger partial charge in [0.15, 0.2) is 0 Å². The first-order valence-electron chi connectivity index (χ1n) is 10.0. The molecular formula is C19H36N4O. The van der Waals surface area contributed by atoms with Gasteiger partial charge in [-0.3, -0.25) is 9.69 Å². The number of nitrogens with two attached hydrogens (primary N) is 1. The van der Waals surface area contributed by atoms with Crippen LogP contribution >= 0.6 is 0 Å². The third-order valence-corrected chi connectivity index (χ3v) is 6.53.